The Balaban J connectivity index is 1.52. The summed E-state index contributed by atoms with van der Waals surface area (Å²) in [5.41, 5.74) is 3.53. The van der Waals surface area contributed by atoms with Crippen LogP contribution < -0.4 is 5.32 Å². The van der Waals surface area contributed by atoms with Crippen molar-refractivity contribution in [3.8, 4) is 0 Å². The van der Waals surface area contributed by atoms with Crippen molar-refractivity contribution in [3.63, 3.8) is 0 Å². The van der Waals surface area contributed by atoms with Crippen LogP contribution in [0, 0.1) is 0 Å². The predicted molar refractivity (Wildman–Crippen MR) is 116 cm³/mol. The highest BCUT2D eigenvalue weighted by Crippen LogP contribution is 2.21. The molecule has 1 aliphatic heterocycles. The number of methoxy groups -OCH3 is 1. The van der Waals surface area contributed by atoms with Crippen molar-refractivity contribution >= 4 is 23.2 Å². The van der Waals surface area contributed by atoms with Gasteiger partial charge in [-0.05, 0) is 24.5 Å². The molecule has 29 heavy (non-hydrogen) atoms. The Morgan fingerprint density at radius 1 is 1.41 bits per heavy atom. The van der Waals surface area contributed by atoms with E-state index in [0.29, 0.717) is 19.0 Å². The van der Waals surface area contributed by atoms with Crippen LogP contribution in [0.4, 0.5) is 0 Å². The van der Waals surface area contributed by atoms with Crippen LogP contribution in [0.2, 0.25) is 0 Å². The summed E-state index contributed by atoms with van der Waals surface area (Å²) in [6.07, 6.45) is 0.895. The van der Waals surface area contributed by atoms with Crippen LogP contribution in [0.25, 0.3) is 0 Å². The molecule has 0 aliphatic carbocycles. The van der Waals surface area contributed by atoms with E-state index in [4.69, 9.17) is 4.74 Å². The lowest BCUT2D eigenvalue weighted by Gasteiger charge is -2.29. The topological polar surface area (TPSA) is 70.1 Å². The van der Waals surface area contributed by atoms with Crippen LogP contribution in [0.1, 0.15) is 34.9 Å². The molecule has 8 heteroatoms. The molecule has 156 valence electrons. The number of carbonyl (C=O) groups excluding carboxylic acids is 1. The third-order valence-electron chi connectivity index (χ3n) is 5.12. The van der Waals surface area contributed by atoms with E-state index in [2.05, 4.69) is 33.5 Å². The number of ether oxygens (including phenoxy) is 1. The van der Waals surface area contributed by atoms with E-state index in [1.807, 2.05) is 35.2 Å². The van der Waals surface area contributed by atoms with E-state index < -0.39 is 0 Å². The number of aromatic nitrogens is 1. The molecule has 0 bridgehead atoms. The number of amides is 1. The van der Waals surface area contributed by atoms with E-state index >= 15 is 0 Å². The van der Waals surface area contributed by atoms with Crippen LogP contribution in [0.15, 0.2) is 34.6 Å². The normalized spacial score (nSPS) is 15.0. The van der Waals surface area contributed by atoms with Gasteiger partial charge < -0.3 is 19.9 Å². The van der Waals surface area contributed by atoms with Crippen LogP contribution in [0.5, 0.6) is 0 Å². The lowest BCUT2D eigenvalue weighted by Crippen LogP contribution is -2.46. The van der Waals surface area contributed by atoms with Crippen molar-refractivity contribution in [2.24, 2.45) is 4.99 Å². The molecule has 3 rings (SSSR count). The zero-order chi connectivity index (χ0) is 20.8. The fraction of sp³-hybridized carbons (Fsp3) is 0.476. The molecule has 1 aliphatic rings. The number of rotatable bonds is 6. The number of hydrogen-bond donors (Lipinski definition) is 1. The summed E-state index contributed by atoms with van der Waals surface area (Å²) in [7, 11) is 5.34. The summed E-state index contributed by atoms with van der Waals surface area (Å²) < 4.78 is 5.32. The zero-order valence-electron chi connectivity index (χ0n) is 17.5. The summed E-state index contributed by atoms with van der Waals surface area (Å²) in [6.45, 7) is 4.24. The zero-order valence-corrected chi connectivity index (χ0v) is 18.3. The number of hydrogen-bond acceptors (Lipinski definition) is 5. The van der Waals surface area contributed by atoms with Crippen LogP contribution >= 0.6 is 11.3 Å². The summed E-state index contributed by atoms with van der Waals surface area (Å²) in [6, 6.07) is 8.32. The van der Waals surface area contributed by atoms with Gasteiger partial charge >= 0.3 is 0 Å². The third-order valence-corrected chi connectivity index (χ3v) is 6.18. The first-order chi connectivity index (χ1) is 14.0. The second-order valence-electron chi connectivity index (χ2n) is 7.15. The third kappa shape index (κ3) is 5.33. The lowest BCUT2D eigenvalue weighted by molar-refractivity contribution is -0.130. The monoisotopic (exact) mass is 415 g/mol. The first-order valence-electron chi connectivity index (χ1n) is 9.75. The number of aliphatic imine (C=N–C) groups is 1. The van der Waals surface area contributed by atoms with Gasteiger partial charge in [-0.3, -0.25) is 9.79 Å². The van der Waals surface area contributed by atoms with Crippen molar-refractivity contribution in [3.05, 3.63) is 51.5 Å². The molecule has 1 aromatic carbocycles. The molecule has 0 radical (unpaired) electrons. The molecule has 7 nitrogen and oxygen atoms in total. The number of guanidine groups is 1. The molecule has 2 heterocycles. The first kappa shape index (κ1) is 21.3. The molecule has 2 aromatic rings. The SMILES string of the molecule is CN=C(NCC(=O)N1CCc2ccccc2C1)N(C)Cc1csc(C(C)OC)n1. The van der Waals surface area contributed by atoms with Gasteiger partial charge in [-0.1, -0.05) is 24.3 Å². The molecular weight excluding hydrogens is 386 g/mol. The van der Waals surface area contributed by atoms with Crippen LogP contribution in [-0.4, -0.2) is 60.9 Å². The van der Waals surface area contributed by atoms with E-state index in [0.717, 1.165) is 23.7 Å². The molecule has 0 fully saturated rings. The molecule has 1 N–H and O–H groups in total. The number of benzene rings is 1. The maximum absolute atomic E-state index is 12.7. The quantitative estimate of drug-likeness (QED) is 0.580. The highest BCUT2D eigenvalue weighted by molar-refractivity contribution is 7.09. The average molecular weight is 416 g/mol. The molecule has 1 unspecified atom stereocenters. The first-order valence-corrected chi connectivity index (χ1v) is 10.6. The van der Waals surface area contributed by atoms with Crippen molar-refractivity contribution in [1.82, 2.24) is 20.1 Å². The minimum atomic E-state index is -0.0104. The minimum Gasteiger partial charge on any atom is -0.375 e. The second kappa shape index (κ2) is 9.84. The molecule has 1 amide bonds. The van der Waals surface area contributed by atoms with Crippen LogP contribution in [-0.2, 0) is 29.0 Å². The van der Waals surface area contributed by atoms with Gasteiger partial charge in [0.1, 0.15) is 11.1 Å². The van der Waals surface area contributed by atoms with Crippen molar-refractivity contribution in [1.29, 1.82) is 0 Å². The van der Waals surface area contributed by atoms with Gasteiger partial charge in [-0.15, -0.1) is 11.3 Å². The largest absolute Gasteiger partial charge is 0.375 e. The fourth-order valence-electron chi connectivity index (χ4n) is 3.36. The Hall–Kier alpha value is -2.45. The summed E-state index contributed by atoms with van der Waals surface area (Å²) in [4.78, 5) is 25.5. The van der Waals surface area contributed by atoms with Crippen molar-refractivity contribution < 1.29 is 9.53 Å². The van der Waals surface area contributed by atoms with Gasteiger partial charge in [-0.2, -0.15) is 0 Å². The maximum Gasteiger partial charge on any atom is 0.242 e. The van der Waals surface area contributed by atoms with E-state index in [-0.39, 0.29) is 18.6 Å². The predicted octanol–water partition coefficient (Wildman–Crippen LogP) is 2.44. The van der Waals surface area contributed by atoms with Gasteiger partial charge in [0.05, 0.1) is 18.8 Å². The average Bonchev–Trinajstić information content (AvgIpc) is 3.21. The Labute approximate surface area is 176 Å². The Bertz CT molecular complexity index is 866. The Morgan fingerprint density at radius 2 is 2.17 bits per heavy atom. The van der Waals surface area contributed by atoms with E-state index in [9.17, 15) is 4.79 Å². The summed E-state index contributed by atoms with van der Waals surface area (Å²) in [5.74, 6) is 0.754. The fourth-order valence-corrected chi connectivity index (χ4v) is 4.20. The van der Waals surface area contributed by atoms with Crippen molar-refractivity contribution in [2.45, 2.75) is 32.5 Å². The van der Waals surface area contributed by atoms with Gasteiger partial charge in [0, 0.05) is 39.7 Å². The van der Waals surface area contributed by atoms with Crippen molar-refractivity contribution in [2.75, 3.05) is 34.3 Å². The van der Waals surface area contributed by atoms with Gasteiger partial charge in [0.2, 0.25) is 5.91 Å². The highest BCUT2D eigenvalue weighted by atomic mass is 32.1. The smallest absolute Gasteiger partial charge is 0.242 e. The van der Waals surface area contributed by atoms with E-state index in [1.165, 1.54) is 11.1 Å². The summed E-state index contributed by atoms with van der Waals surface area (Å²) >= 11 is 1.59. The van der Waals surface area contributed by atoms with Gasteiger partial charge in [-0.25, -0.2) is 4.98 Å². The number of carbonyl (C=O) groups is 1. The summed E-state index contributed by atoms with van der Waals surface area (Å²) in [5, 5.41) is 6.18. The molecule has 0 spiro atoms. The highest BCUT2D eigenvalue weighted by Gasteiger charge is 2.21. The Morgan fingerprint density at radius 3 is 2.90 bits per heavy atom. The van der Waals surface area contributed by atoms with Crippen LogP contribution in [0.3, 0.4) is 0 Å². The lowest BCUT2D eigenvalue weighted by atomic mass is 10.00. The molecular formula is C21H29N5O2S. The molecule has 1 atom stereocenters. The number of nitrogens with zero attached hydrogens (tertiary/aromatic N) is 4. The number of nitrogens with one attached hydrogen (secondary N) is 1. The molecule has 1 aromatic heterocycles. The maximum atomic E-state index is 12.7. The number of thiazole rings is 1. The standard InChI is InChI=1S/C21H29N5O2S/c1-15(28-4)20-24-18(14-29-20)13-25(3)21(22-2)23-11-19(27)26-10-9-16-7-5-6-8-17(16)12-26/h5-8,14-15H,9-13H2,1-4H3,(H,22,23). The molecule has 0 saturated heterocycles. The molecule has 0 saturated carbocycles. The second-order valence-corrected chi connectivity index (χ2v) is 8.04. The van der Waals surface area contributed by atoms with Gasteiger partial charge in [0.15, 0.2) is 5.96 Å². The van der Waals surface area contributed by atoms with E-state index in [1.54, 1.807) is 25.5 Å². The minimum absolute atomic E-state index is 0.0104. The number of fused-ring (bicyclic) bond motifs is 1. The van der Waals surface area contributed by atoms with Gasteiger partial charge in [0.25, 0.3) is 0 Å². The Kier molecular flexibility index (Phi) is 7.22.